The van der Waals surface area contributed by atoms with Crippen molar-refractivity contribution in [3.63, 3.8) is 0 Å². The van der Waals surface area contributed by atoms with Gasteiger partial charge in [-0.1, -0.05) is 13.8 Å². The van der Waals surface area contributed by atoms with Gasteiger partial charge in [-0.25, -0.2) is 0 Å². The molecule has 1 N–H and O–H groups in total. The van der Waals surface area contributed by atoms with E-state index in [0.29, 0.717) is 0 Å². The average molecular weight is 299 g/mol. The van der Waals surface area contributed by atoms with Gasteiger partial charge in [0.2, 0.25) is 11.7 Å². The summed E-state index contributed by atoms with van der Waals surface area (Å²) < 4.78 is 10.1. The number of hydrogen-bond acceptors (Lipinski definition) is 5. The minimum Gasteiger partial charge on any atom is -0.493 e. The fourth-order valence-corrected chi connectivity index (χ4v) is 1.62. The Labute approximate surface area is 125 Å². The molecule has 0 radical (unpaired) electrons. The number of carbonyl (C=O) groups is 3. The normalized spacial score (nSPS) is 13.2. The molecule has 1 atom stereocenters. The van der Waals surface area contributed by atoms with E-state index in [0.717, 1.165) is 6.08 Å². The molecule has 0 saturated heterocycles. The maximum absolute atomic E-state index is 11.9. The molecule has 0 heterocycles. The maximum atomic E-state index is 11.9. The lowest BCUT2D eigenvalue weighted by atomic mass is 10.0. The fourth-order valence-electron chi connectivity index (χ4n) is 1.62. The molecule has 120 valence electrons. The van der Waals surface area contributed by atoms with Crippen molar-refractivity contribution in [3.8, 4) is 0 Å². The van der Waals surface area contributed by atoms with Gasteiger partial charge in [0.05, 0.1) is 19.3 Å². The van der Waals surface area contributed by atoms with Crippen LogP contribution < -0.4 is 5.32 Å². The standard InChI is InChI=1S/C15H25NO5/c1-9(2)15(11(5)17)16-14(19)7-13(20-6)12(18)8-21-10(3)4/h7,9-10,15H,8H2,1-6H3,(H,16,19)/b13-7+. The average Bonchev–Trinajstić information content (AvgIpc) is 2.38. The smallest absolute Gasteiger partial charge is 0.248 e. The molecular formula is C15H25NO5. The number of amides is 1. The molecule has 0 aromatic rings. The van der Waals surface area contributed by atoms with Crippen molar-refractivity contribution in [2.24, 2.45) is 5.92 Å². The van der Waals surface area contributed by atoms with E-state index < -0.39 is 17.7 Å². The Morgan fingerprint density at radius 3 is 2.10 bits per heavy atom. The van der Waals surface area contributed by atoms with E-state index in [2.05, 4.69) is 5.32 Å². The molecule has 0 aliphatic carbocycles. The summed E-state index contributed by atoms with van der Waals surface area (Å²) >= 11 is 0. The Hall–Kier alpha value is -1.69. The van der Waals surface area contributed by atoms with Crippen molar-refractivity contribution in [3.05, 3.63) is 11.8 Å². The van der Waals surface area contributed by atoms with Crippen LogP contribution >= 0.6 is 0 Å². The molecule has 1 amide bonds. The molecule has 0 aromatic heterocycles. The molecule has 0 spiro atoms. The Morgan fingerprint density at radius 2 is 1.71 bits per heavy atom. The van der Waals surface area contributed by atoms with Crippen molar-refractivity contribution < 1.29 is 23.9 Å². The van der Waals surface area contributed by atoms with Gasteiger partial charge in [0.15, 0.2) is 11.5 Å². The number of hydrogen-bond donors (Lipinski definition) is 1. The number of nitrogens with one attached hydrogen (secondary N) is 1. The second-order valence-corrected chi connectivity index (χ2v) is 5.34. The Bertz CT molecular complexity index is 412. The second-order valence-electron chi connectivity index (χ2n) is 5.34. The minimum atomic E-state index is -0.589. The van der Waals surface area contributed by atoms with E-state index in [1.807, 2.05) is 13.8 Å². The molecule has 0 rings (SSSR count). The number of Topliss-reactive ketones (excluding diaryl/α,β-unsaturated/α-hetero) is 2. The van der Waals surface area contributed by atoms with E-state index in [-0.39, 0.29) is 30.2 Å². The maximum Gasteiger partial charge on any atom is 0.248 e. The molecule has 1 unspecified atom stereocenters. The quantitative estimate of drug-likeness (QED) is 0.512. The largest absolute Gasteiger partial charge is 0.493 e. The van der Waals surface area contributed by atoms with Crippen LogP contribution in [0.25, 0.3) is 0 Å². The predicted octanol–water partition coefficient (Wildman–Crippen LogP) is 1.24. The highest BCUT2D eigenvalue weighted by molar-refractivity contribution is 6.02. The minimum absolute atomic E-state index is 0.0363. The van der Waals surface area contributed by atoms with Crippen LogP contribution in [0, 0.1) is 5.92 Å². The number of ether oxygens (including phenoxy) is 2. The topological polar surface area (TPSA) is 81.7 Å². The number of carbonyl (C=O) groups excluding carboxylic acids is 3. The lowest BCUT2D eigenvalue weighted by Gasteiger charge is -2.18. The number of methoxy groups -OCH3 is 1. The van der Waals surface area contributed by atoms with E-state index in [1.54, 1.807) is 13.8 Å². The van der Waals surface area contributed by atoms with Crippen molar-refractivity contribution in [2.75, 3.05) is 13.7 Å². The fraction of sp³-hybridized carbons (Fsp3) is 0.667. The van der Waals surface area contributed by atoms with Crippen LogP contribution in [0.15, 0.2) is 11.8 Å². The molecule has 0 fully saturated rings. The van der Waals surface area contributed by atoms with Gasteiger partial charge in [0.1, 0.15) is 6.61 Å². The van der Waals surface area contributed by atoms with Crippen molar-refractivity contribution in [2.45, 2.75) is 46.8 Å². The van der Waals surface area contributed by atoms with Crippen LogP contribution in [0.1, 0.15) is 34.6 Å². The van der Waals surface area contributed by atoms with Crippen molar-refractivity contribution in [1.82, 2.24) is 5.32 Å². The third kappa shape index (κ3) is 7.60. The molecular weight excluding hydrogens is 274 g/mol. The van der Waals surface area contributed by atoms with Crippen molar-refractivity contribution in [1.29, 1.82) is 0 Å². The Balaban J connectivity index is 4.79. The second kappa shape index (κ2) is 9.28. The first-order valence-corrected chi connectivity index (χ1v) is 6.90. The van der Waals surface area contributed by atoms with Gasteiger partial charge in [-0.3, -0.25) is 14.4 Å². The Morgan fingerprint density at radius 1 is 1.14 bits per heavy atom. The zero-order valence-electron chi connectivity index (χ0n) is 13.6. The van der Waals surface area contributed by atoms with E-state index in [9.17, 15) is 14.4 Å². The summed E-state index contributed by atoms with van der Waals surface area (Å²) in [7, 11) is 1.30. The van der Waals surface area contributed by atoms with Gasteiger partial charge >= 0.3 is 0 Å². The van der Waals surface area contributed by atoms with E-state index in [4.69, 9.17) is 9.47 Å². The summed E-state index contributed by atoms with van der Waals surface area (Å²) in [4.78, 5) is 35.1. The van der Waals surface area contributed by atoms with Gasteiger partial charge < -0.3 is 14.8 Å². The van der Waals surface area contributed by atoms with Gasteiger partial charge in [0.25, 0.3) is 0 Å². The van der Waals surface area contributed by atoms with Crippen LogP contribution in [0.5, 0.6) is 0 Å². The zero-order valence-corrected chi connectivity index (χ0v) is 13.6. The first-order chi connectivity index (χ1) is 9.68. The van der Waals surface area contributed by atoms with Crippen LogP contribution in [0.2, 0.25) is 0 Å². The highest BCUT2D eigenvalue weighted by Crippen LogP contribution is 2.04. The zero-order chi connectivity index (χ0) is 16.6. The highest BCUT2D eigenvalue weighted by Gasteiger charge is 2.21. The summed E-state index contributed by atoms with van der Waals surface area (Å²) in [6.07, 6.45) is 0.952. The van der Waals surface area contributed by atoms with Gasteiger partial charge in [-0.15, -0.1) is 0 Å². The summed E-state index contributed by atoms with van der Waals surface area (Å²) in [6.45, 7) is 8.51. The van der Waals surface area contributed by atoms with Crippen LogP contribution in [0.4, 0.5) is 0 Å². The van der Waals surface area contributed by atoms with E-state index >= 15 is 0 Å². The van der Waals surface area contributed by atoms with Crippen molar-refractivity contribution >= 4 is 17.5 Å². The molecule has 6 nitrogen and oxygen atoms in total. The highest BCUT2D eigenvalue weighted by atomic mass is 16.5. The Kier molecular flexibility index (Phi) is 8.54. The van der Waals surface area contributed by atoms with Gasteiger partial charge in [-0.05, 0) is 26.7 Å². The molecule has 21 heavy (non-hydrogen) atoms. The van der Waals surface area contributed by atoms with E-state index in [1.165, 1.54) is 14.0 Å². The van der Waals surface area contributed by atoms with Gasteiger partial charge in [0, 0.05) is 6.08 Å². The summed E-state index contributed by atoms with van der Waals surface area (Å²) in [5.41, 5.74) is 0. The summed E-state index contributed by atoms with van der Waals surface area (Å²) in [5.74, 6) is -1.24. The van der Waals surface area contributed by atoms with Gasteiger partial charge in [-0.2, -0.15) is 0 Å². The molecule has 0 aliphatic heterocycles. The van der Waals surface area contributed by atoms with Crippen LogP contribution in [0.3, 0.4) is 0 Å². The third-order valence-electron chi connectivity index (χ3n) is 2.71. The third-order valence-corrected chi connectivity index (χ3v) is 2.71. The molecule has 0 saturated carbocycles. The number of ketones is 2. The summed E-state index contributed by atoms with van der Waals surface area (Å²) in [5, 5.41) is 2.56. The first kappa shape index (κ1) is 19.3. The lowest BCUT2D eigenvalue weighted by molar-refractivity contribution is -0.126. The molecule has 0 bridgehead atoms. The lowest BCUT2D eigenvalue weighted by Crippen LogP contribution is -2.42. The first-order valence-electron chi connectivity index (χ1n) is 6.90. The number of rotatable bonds is 9. The monoisotopic (exact) mass is 299 g/mol. The molecule has 6 heteroatoms. The van der Waals surface area contributed by atoms with Crippen LogP contribution in [-0.4, -0.2) is 43.3 Å². The molecule has 0 aromatic carbocycles. The summed E-state index contributed by atoms with van der Waals surface area (Å²) in [6, 6.07) is -0.589. The SMILES string of the molecule is CO/C(=C/C(=O)NC(C(C)=O)C(C)C)C(=O)COC(C)C. The predicted molar refractivity (Wildman–Crippen MR) is 78.6 cm³/mol. The van der Waals surface area contributed by atoms with Crippen LogP contribution in [-0.2, 0) is 23.9 Å². The molecule has 0 aliphatic rings.